The van der Waals surface area contributed by atoms with Gasteiger partial charge in [0.05, 0.1) is 0 Å². The molecular formula is C16H16O4. The smallest absolute Gasteiger partial charge is 0.157 e. The molecule has 3 rings (SSSR count). The lowest BCUT2D eigenvalue weighted by molar-refractivity contribution is 0.402. The molecule has 0 amide bonds. The van der Waals surface area contributed by atoms with Gasteiger partial charge in [0.25, 0.3) is 0 Å². The molecule has 1 aliphatic rings. The minimum atomic E-state index is -0.137. The van der Waals surface area contributed by atoms with Crippen molar-refractivity contribution in [1.82, 2.24) is 0 Å². The van der Waals surface area contributed by atoms with Gasteiger partial charge in [-0.3, -0.25) is 0 Å². The van der Waals surface area contributed by atoms with E-state index in [1.165, 1.54) is 0 Å². The number of fused-ring (bicyclic) bond motifs is 2. The van der Waals surface area contributed by atoms with Crippen molar-refractivity contribution in [3.8, 4) is 23.0 Å². The Hall–Kier alpha value is -2.36. The summed E-state index contributed by atoms with van der Waals surface area (Å²) < 4.78 is 0. The number of aromatic hydroxyl groups is 4. The average molecular weight is 272 g/mol. The van der Waals surface area contributed by atoms with Crippen molar-refractivity contribution < 1.29 is 20.4 Å². The highest BCUT2D eigenvalue weighted by molar-refractivity contribution is 5.55. The first-order chi connectivity index (χ1) is 9.47. The second-order valence-corrected chi connectivity index (χ2v) is 5.30. The molecule has 0 bridgehead atoms. The van der Waals surface area contributed by atoms with Crippen LogP contribution in [0.2, 0.25) is 0 Å². The van der Waals surface area contributed by atoms with Gasteiger partial charge in [-0.1, -0.05) is 6.92 Å². The molecule has 0 spiro atoms. The number of hydrogen-bond donors (Lipinski definition) is 4. The van der Waals surface area contributed by atoms with E-state index in [1.54, 1.807) is 24.3 Å². The van der Waals surface area contributed by atoms with E-state index in [9.17, 15) is 20.4 Å². The first kappa shape index (κ1) is 12.7. The third-order valence-electron chi connectivity index (χ3n) is 4.07. The SMILES string of the molecule is CC1c2cc(O)c(O)cc2CCc2cc(O)c(O)cc21. The van der Waals surface area contributed by atoms with Crippen LogP contribution in [0.25, 0.3) is 0 Å². The maximum absolute atomic E-state index is 9.69. The van der Waals surface area contributed by atoms with Gasteiger partial charge < -0.3 is 20.4 Å². The first-order valence-electron chi connectivity index (χ1n) is 6.57. The van der Waals surface area contributed by atoms with Crippen LogP contribution in [0.5, 0.6) is 23.0 Å². The zero-order valence-electron chi connectivity index (χ0n) is 11.1. The largest absolute Gasteiger partial charge is 0.504 e. The Morgan fingerprint density at radius 2 is 1.05 bits per heavy atom. The molecular weight excluding hydrogens is 256 g/mol. The lowest BCUT2D eigenvalue weighted by Gasteiger charge is -2.17. The molecule has 4 N–H and O–H groups in total. The summed E-state index contributed by atoms with van der Waals surface area (Å²) in [5, 5.41) is 38.6. The van der Waals surface area contributed by atoms with E-state index in [4.69, 9.17) is 0 Å². The van der Waals surface area contributed by atoms with Crippen LogP contribution in [0.15, 0.2) is 24.3 Å². The summed E-state index contributed by atoms with van der Waals surface area (Å²) in [5.74, 6) is -0.537. The zero-order valence-corrected chi connectivity index (χ0v) is 11.1. The number of hydrogen-bond acceptors (Lipinski definition) is 4. The number of phenols is 4. The Balaban J connectivity index is 2.19. The number of rotatable bonds is 0. The van der Waals surface area contributed by atoms with Crippen LogP contribution in [0, 0.1) is 0 Å². The van der Waals surface area contributed by atoms with Crippen LogP contribution in [0.1, 0.15) is 35.1 Å². The molecule has 1 aliphatic carbocycles. The highest BCUT2D eigenvalue weighted by Crippen LogP contribution is 2.41. The lowest BCUT2D eigenvalue weighted by Crippen LogP contribution is -1.99. The molecule has 0 fully saturated rings. The zero-order chi connectivity index (χ0) is 14.4. The Morgan fingerprint density at radius 1 is 0.700 bits per heavy atom. The summed E-state index contributed by atoms with van der Waals surface area (Å²) in [4.78, 5) is 0. The molecule has 4 heteroatoms. The molecule has 20 heavy (non-hydrogen) atoms. The fourth-order valence-corrected chi connectivity index (χ4v) is 2.95. The summed E-state index contributed by atoms with van der Waals surface area (Å²) in [6, 6.07) is 6.34. The quantitative estimate of drug-likeness (QED) is 0.556. The molecule has 104 valence electrons. The van der Waals surface area contributed by atoms with Crippen molar-refractivity contribution in [3.05, 3.63) is 46.5 Å². The van der Waals surface area contributed by atoms with Crippen molar-refractivity contribution in [1.29, 1.82) is 0 Å². The highest BCUT2D eigenvalue weighted by Gasteiger charge is 2.23. The van der Waals surface area contributed by atoms with E-state index in [0.29, 0.717) is 12.8 Å². The van der Waals surface area contributed by atoms with Gasteiger partial charge in [-0.25, -0.2) is 0 Å². The summed E-state index contributed by atoms with van der Waals surface area (Å²) in [6.45, 7) is 1.98. The molecule has 0 radical (unpaired) electrons. The molecule has 0 aromatic heterocycles. The lowest BCUT2D eigenvalue weighted by atomic mass is 9.89. The van der Waals surface area contributed by atoms with Gasteiger partial charge in [0.1, 0.15) is 0 Å². The van der Waals surface area contributed by atoms with E-state index in [1.807, 2.05) is 6.92 Å². The molecule has 4 nitrogen and oxygen atoms in total. The predicted molar refractivity (Wildman–Crippen MR) is 74.5 cm³/mol. The van der Waals surface area contributed by atoms with Crippen molar-refractivity contribution >= 4 is 0 Å². The van der Waals surface area contributed by atoms with Crippen molar-refractivity contribution in [2.45, 2.75) is 25.7 Å². The van der Waals surface area contributed by atoms with Gasteiger partial charge in [0.15, 0.2) is 23.0 Å². The van der Waals surface area contributed by atoms with Gasteiger partial charge >= 0.3 is 0 Å². The maximum Gasteiger partial charge on any atom is 0.157 e. The standard InChI is InChI=1S/C16H16O4/c1-8-11-6-15(19)13(17)4-9(11)2-3-10-5-14(18)16(20)7-12(8)10/h4-8,17-20H,2-3H2,1H3. The molecule has 2 aromatic carbocycles. The maximum atomic E-state index is 9.69. The summed E-state index contributed by atoms with van der Waals surface area (Å²) in [7, 11) is 0. The second kappa shape index (κ2) is 4.34. The van der Waals surface area contributed by atoms with Gasteiger partial charge in [-0.15, -0.1) is 0 Å². The first-order valence-corrected chi connectivity index (χ1v) is 6.57. The molecule has 0 unspecified atom stereocenters. The number of phenolic OH excluding ortho intramolecular Hbond substituents is 4. The molecule has 0 saturated carbocycles. The Kier molecular flexibility index (Phi) is 2.74. The highest BCUT2D eigenvalue weighted by atomic mass is 16.3. The monoisotopic (exact) mass is 272 g/mol. The minimum Gasteiger partial charge on any atom is -0.504 e. The van der Waals surface area contributed by atoms with Crippen LogP contribution >= 0.6 is 0 Å². The van der Waals surface area contributed by atoms with E-state index in [2.05, 4.69) is 0 Å². The van der Waals surface area contributed by atoms with Crippen molar-refractivity contribution in [2.75, 3.05) is 0 Å². The molecule has 0 atom stereocenters. The fourth-order valence-electron chi connectivity index (χ4n) is 2.95. The molecule has 0 heterocycles. The Bertz CT molecular complexity index is 632. The summed E-state index contributed by atoms with van der Waals surface area (Å²) in [6.07, 6.45) is 1.43. The van der Waals surface area contributed by atoms with E-state index in [-0.39, 0.29) is 28.9 Å². The van der Waals surface area contributed by atoms with Crippen molar-refractivity contribution in [3.63, 3.8) is 0 Å². The van der Waals surface area contributed by atoms with Crippen LogP contribution < -0.4 is 0 Å². The fraction of sp³-hybridized carbons (Fsp3) is 0.250. The number of benzene rings is 2. The predicted octanol–water partition coefficient (Wildman–Crippen LogP) is 2.76. The van der Waals surface area contributed by atoms with Gasteiger partial charge in [-0.05, 0) is 59.4 Å². The Morgan fingerprint density at radius 3 is 1.45 bits per heavy atom. The van der Waals surface area contributed by atoms with Gasteiger partial charge in [-0.2, -0.15) is 0 Å². The molecule has 2 aromatic rings. The van der Waals surface area contributed by atoms with Crippen LogP contribution in [-0.4, -0.2) is 20.4 Å². The molecule has 0 saturated heterocycles. The third-order valence-corrected chi connectivity index (χ3v) is 4.07. The van der Waals surface area contributed by atoms with E-state index >= 15 is 0 Å². The van der Waals surface area contributed by atoms with E-state index < -0.39 is 0 Å². The van der Waals surface area contributed by atoms with Crippen LogP contribution in [0.3, 0.4) is 0 Å². The van der Waals surface area contributed by atoms with Gasteiger partial charge in [0.2, 0.25) is 0 Å². The Labute approximate surface area is 116 Å². The molecule has 0 aliphatic heterocycles. The topological polar surface area (TPSA) is 80.9 Å². The summed E-state index contributed by atoms with van der Waals surface area (Å²) >= 11 is 0. The third kappa shape index (κ3) is 1.84. The second-order valence-electron chi connectivity index (χ2n) is 5.30. The average Bonchev–Trinajstić information content (AvgIpc) is 2.52. The normalized spacial score (nSPS) is 14.4. The van der Waals surface area contributed by atoms with E-state index in [0.717, 1.165) is 22.3 Å². The van der Waals surface area contributed by atoms with Crippen molar-refractivity contribution in [2.24, 2.45) is 0 Å². The van der Waals surface area contributed by atoms with Gasteiger partial charge in [0, 0.05) is 5.92 Å². The van der Waals surface area contributed by atoms with Crippen LogP contribution in [0.4, 0.5) is 0 Å². The minimum absolute atomic E-state index is 0.0273. The van der Waals surface area contributed by atoms with Crippen LogP contribution in [-0.2, 0) is 12.8 Å². The number of aryl methyl sites for hydroxylation is 2. The summed E-state index contributed by atoms with van der Waals surface area (Å²) in [5.41, 5.74) is 3.82.